The minimum absolute atomic E-state index is 0.803. The average molecular weight is 1160 g/mol. The largest absolute Gasteiger partial charge is 0.497 e. The third-order valence-corrected chi connectivity index (χ3v) is 19.7. The van der Waals surface area contributed by atoms with Crippen molar-refractivity contribution in [1.29, 1.82) is 0 Å². The molecule has 90 heavy (non-hydrogen) atoms. The molecule has 0 saturated carbocycles. The lowest BCUT2D eigenvalue weighted by Gasteiger charge is -2.21. The monoisotopic (exact) mass is 1160 g/mol. The van der Waals surface area contributed by atoms with Gasteiger partial charge in [-0.2, -0.15) is 0 Å². The number of hydrogen-bond acceptors (Lipinski definition) is 6. The molecule has 0 unspecified atom stereocenters. The highest BCUT2D eigenvalue weighted by Crippen LogP contribution is 2.63. The number of rotatable bonds is 12. The minimum atomic E-state index is 0.803. The van der Waals surface area contributed by atoms with Crippen molar-refractivity contribution in [2.75, 3.05) is 42.7 Å². The molecular formula is C84H56O6. The molecule has 17 aromatic rings. The fourth-order valence-electron chi connectivity index (χ4n) is 15.8. The zero-order valence-corrected chi connectivity index (χ0v) is 50.4. The quantitative estimate of drug-likeness (QED) is 0.0897. The van der Waals surface area contributed by atoms with E-state index in [2.05, 4.69) is 231 Å². The molecule has 17 aromatic carbocycles. The molecule has 1 aliphatic rings. The summed E-state index contributed by atoms with van der Waals surface area (Å²) in [5, 5.41) is 22.4. The number of benzene rings is 15. The molecule has 0 radical (unpaired) electrons. The van der Waals surface area contributed by atoms with Crippen molar-refractivity contribution in [1.82, 2.24) is 0 Å². The molecule has 0 N–H and O–H groups in total. The van der Waals surface area contributed by atoms with Gasteiger partial charge in [-0.1, -0.05) is 152 Å². The maximum atomic E-state index is 5.90. The summed E-state index contributed by atoms with van der Waals surface area (Å²) in [5.41, 5.74) is 18.5. The van der Waals surface area contributed by atoms with Crippen LogP contribution in [-0.2, 0) is 0 Å². The number of methoxy groups -OCH3 is 6. The number of ether oxygens (including phenoxy) is 6. The van der Waals surface area contributed by atoms with Crippen molar-refractivity contribution in [3.8, 4) is 124 Å². The Kier molecular flexibility index (Phi) is 11.3. The molecule has 6 nitrogen and oxygen atoms in total. The van der Waals surface area contributed by atoms with Crippen LogP contribution < -0.4 is 28.4 Å². The van der Waals surface area contributed by atoms with Crippen molar-refractivity contribution >= 4 is 97.0 Å². The minimum Gasteiger partial charge on any atom is -0.497 e. The van der Waals surface area contributed by atoms with Gasteiger partial charge in [-0.15, -0.1) is 0 Å². The molecule has 6 heteroatoms. The van der Waals surface area contributed by atoms with Crippen LogP contribution >= 0.6 is 0 Å². The summed E-state index contributed by atoms with van der Waals surface area (Å²) in [6.45, 7) is 0. The molecule has 0 bridgehead atoms. The Morgan fingerprint density at radius 2 is 0.444 bits per heavy atom. The third kappa shape index (κ3) is 7.15. The normalized spacial score (nSPS) is 12.1. The Morgan fingerprint density at radius 3 is 0.867 bits per heavy atom. The standard InChI is InChI=1S/C84H56O6/c1-85-51-22-10-45(11-23-51)57-34-35-60-62-37-39-66-77-65(38-36-61(75(62)77)59-9-7-8-58(57)74(59)60)81-73(50-20-32-56(90-6)33-21-50)84-68-43-42-64-76-63(40-41-67(78(68)76)83(84)72(82(66)81)49-18-30-55(89-5)31-19-49)79-70(47-14-26-53(87-3)27-15-47)44-69(46-12-24-52(86-2)25-13-46)71(80(64)79)48-16-28-54(88-4)29-17-48/h7-44H,1-6H3. The van der Waals surface area contributed by atoms with Crippen LogP contribution in [0.25, 0.3) is 186 Å². The summed E-state index contributed by atoms with van der Waals surface area (Å²) >= 11 is 0. The van der Waals surface area contributed by atoms with Crippen LogP contribution in [-0.4, -0.2) is 42.7 Å². The first-order chi connectivity index (χ1) is 44.4. The summed E-state index contributed by atoms with van der Waals surface area (Å²) in [6.07, 6.45) is 0. The molecule has 18 rings (SSSR count). The van der Waals surface area contributed by atoms with E-state index >= 15 is 0 Å². The van der Waals surface area contributed by atoms with E-state index in [-0.39, 0.29) is 0 Å². The van der Waals surface area contributed by atoms with Crippen molar-refractivity contribution in [3.05, 3.63) is 231 Å². The zero-order valence-electron chi connectivity index (χ0n) is 50.4. The average Bonchev–Trinajstić information content (AvgIpc) is 1.49. The first kappa shape index (κ1) is 51.8. The second-order valence-electron chi connectivity index (χ2n) is 23.7. The van der Waals surface area contributed by atoms with Crippen molar-refractivity contribution in [3.63, 3.8) is 0 Å². The Labute approximate surface area is 519 Å². The van der Waals surface area contributed by atoms with Gasteiger partial charge in [0.15, 0.2) is 0 Å². The summed E-state index contributed by atoms with van der Waals surface area (Å²) in [4.78, 5) is 0. The molecule has 0 heterocycles. The van der Waals surface area contributed by atoms with E-state index in [1.807, 2.05) is 0 Å². The molecular weight excluding hydrogens is 1100 g/mol. The lowest BCUT2D eigenvalue weighted by molar-refractivity contribution is 0.414. The van der Waals surface area contributed by atoms with E-state index in [0.29, 0.717) is 0 Å². The Hall–Kier alpha value is -11.3. The number of hydrogen-bond donors (Lipinski definition) is 0. The second-order valence-corrected chi connectivity index (χ2v) is 23.7. The van der Waals surface area contributed by atoms with Crippen LogP contribution in [0.3, 0.4) is 0 Å². The SMILES string of the molecule is COc1ccc(-c2cc(-c3ccc(OC)cc3)c3c(c2-c2ccc(OC)cc2)-c2ccc4c5c(-c6ccc(OC)cc6)c6c7ccc8c9cccc%10c(-c%11ccc(OC)cc%11)ccc(c%11ccc(c6c(-c6ccc(OC)cc6)c5c5ccc-3c2c54)c7c%118)c%109)cc1. The maximum absolute atomic E-state index is 5.90. The van der Waals surface area contributed by atoms with Gasteiger partial charge in [0.25, 0.3) is 0 Å². The van der Waals surface area contributed by atoms with Gasteiger partial charge < -0.3 is 28.4 Å². The summed E-state index contributed by atoms with van der Waals surface area (Å²) in [5.74, 6) is 4.88. The van der Waals surface area contributed by atoms with E-state index in [0.717, 1.165) is 84.6 Å². The fourth-order valence-corrected chi connectivity index (χ4v) is 15.8. The molecule has 0 aliphatic heterocycles. The predicted octanol–water partition coefficient (Wildman–Crippen LogP) is 22.1. The van der Waals surface area contributed by atoms with Gasteiger partial charge in [-0.3, -0.25) is 0 Å². The molecule has 0 saturated heterocycles. The van der Waals surface area contributed by atoms with Crippen LogP contribution in [0, 0.1) is 0 Å². The van der Waals surface area contributed by atoms with E-state index in [4.69, 9.17) is 28.4 Å². The van der Waals surface area contributed by atoms with Crippen molar-refractivity contribution < 1.29 is 28.4 Å². The Balaban J connectivity index is 0.997. The molecule has 0 amide bonds. The predicted molar refractivity (Wildman–Crippen MR) is 374 cm³/mol. The molecule has 0 aromatic heterocycles. The van der Waals surface area contributed by atoms with Crippen LogP contribution in [0.1, 0.15) is 0 Å². The third-order valence-electron chi connectivity index (χ3n) is 19.7. The van der Waals surface area contributed by atoms with Gasteiger partial charge in [0, 0.05) is 0 Å². The highest BCUT2D eigenvalue weighted by atomic mass is 16.5. The summed E-state index contributed by atoms with van der Waals surface area (Å²) in [6, 6.07) is 84.8. The zero-order chi connectivity index (χ0) is 60.2. The van der Waals surface area contributed by atoms with Crippen molar-refractivity contribution in [2.24, 2.45) is 0 Å². The van der Waals surface area contributed by atoms with E-state index in [1.54, 1.807) is 42.7 Å². The van der Waals surface area contributed by atoms with Crippen LogP contribution in [0.15, 0.2) is 231 Å². The van der Waals surface area contributed by atoms with Gasteiger partial charge >= 0.3 is 0 Å². The topological polar surface area (TPSA) is 55.4 Å². The van der Waals surface area contributed by atoms with Crippen LogP contribution in [0.4, 0.5) is 0 Å². The highest BCUT2D eigenvalue weighted by molar-refractivity contribution is 6.50. The fraction of sp³-hybridized carbons (Fsp3) is 0.0714. The smallest absolute Gasteiger partial charge is 0.118 e. The second kappa shape index (κ2) is 19.6. The van der Waals surface area contributed by atoms with E-state index < -0.39 is 0 Å². The first-order valence-corrected chi connectivity index (χ1v) is 30.5. The molecule has 0 fully saturated rings. The van der Waals surface area contributed by atoms with E-state index in [1.165, 1.54) is 136 Å². The van der Waals surface area contributed by atoms with Gasteiger partial charge in [0.2, 0.25) is 0 Å². The molecule has 428 valence electrons. The highest BCUT2D eigenvalue weighted by Gasteiger charge is 2.35. The Bertz CT molecular complexity index is 5620. The maximum Gasteiger partial charge on any atom is 0.118 e. The number of fused-ring (bicyclic) bond motifs is 11. The van der Waals surface area contributed by atoms with Gasteiger partial charge in [0.05, 0.1) is 42.7 Å². The summed E-state index contributed by atoms with van der Waals surface area (Å²) in [7, 11) is 10.4. The molecule has 1 aliphatic carbocycles. The van der Waals surface area contributed by atoms with Crippen LogP contribution in [0.2, 0.25) is 0 Å². The summed E-state index contributed by atoms with van der Waals surface area (Å²) < 4.78 is 34.7. The molecule has 0 atom stereocenters. The van der Waals surface area contributed by atoms with Crippen molar-refractivity contribution in [2.45, 2.75) is 0 Å². The van der Waals surface area contributed by atoms with Gasteiger partial charge in [-0.25, -0.2) is 0 Å². The lowest BCUT2D eigenvalue weighted by atomic mass is 9.82. The van der Waals surface area contributed by atoms with Crippen LogP contribution in [0.5, 0.6) is 34.5 Å². The van der Waals surface area contributed by atoms with Gasteiger partial charge in [0.1, 0.15) is 34.5 Å². The van der Waals surface area contributed by atoms with E-state index in [9.17, 15) is 0 Å². The molecule has 0 spiro atoms. The van der Waals surface area contributed by atoms with Gasteiger partial charge in [-0.05, 0) is 265 Å². The first-order valence-electron chi connectivity index (χ1n) is 30.5. The lowest BCUT2D eigenvalue weighted by Crippen LogP contribution is -1.95. The Morgan fingerprint density at radius 1 is 0.167 bits per heavy atom.